The largest absolute Gasteiger partial charge is 0.376 e. The summed E-state index contributed by atoms with van der Waals surface area (Å²) >= 11 is 0. The van der Waals surface area contributed by atoms with E-state index in [1.165, 1.54) is 18.4 Å². The van der Waals surface area contributed by atoms with Gasteiger partial charge in [0.2, 0.25) is 0 Å². The number of hydrogen-bond acceptors (Lipinski definition) is 3. The van der Waals surface area contributed by atoms with E-state index in [9.17, 15) is 4.79 Å². The van der Waals surface area contributed by atoms with Crippen LogP contribution in [0.5, 0.6) is 0 Å². The molecule has 0 aliphatic heterocycles. The molecule has 4 nitrogen and oxygen atoms in total. The summed E-state index contributed by atoms with van der Waals surface area (Å²) in [6, 6.07) is 6.15. The van der Waals surface area contributed by atoms with Crippen LogP contribution in [-0.2, 0) is 4.79 Å². The average molecular weight is 287 g/mol. The molecule has 1 aliphatic rings. The maximum atomic E-state index is 11.8. The van der Waals surface area contributed by atoms with E-state index in [0.29, 0.717) is 5.92 Å². The van der Waals surface area contributed by atoms with Gasteiger partial charge in [-0.3, -0.25) is 4.79 Å². The van der Waals surface area contributed by atoms with Crippen molar-refractivity contribution >= 4 is 17.3 Å². The lowest BCUT2D eigenvalue weighted by Crippen LogP contribution is -2.28. The predicted molar refractivity (Wildman–Crippen MR) is 87.6 cm³/mol. The van der Waals surface area contributed by atoms with Crippen molar-refractivity contribution in [1.29, 1.82) is 0 Å². The van der Waals surface area contributed by atoms with Crippen LogP contribution in [0.25, 0.3) is 0 Å². The quantitative estimate of drug-likeness (QED) is 0.834. The molecule has 0 aromatic heterocycles. The Kier molecular flexibility index (Phi) is 5.37. The van der Waals surface area contributed by atoms with Crippen molar-refractivity contribution in [3.8, 4) is 0 Å². The summed E-state index contributed by atoms with van der Waals surface area (Å²) < 4.78 is 0. The molecule has 1 fully saturated rings. The highest BCUT2D eigenvalue weighted by molar-refractivity contribution is 5.88. The molecule has 0 heterocycles. The first-order chi connectivity index (χ1) is 10.0. The first-order valence-electron chi connectivity index (χ1n) is 7.70. The van der Waals surface area contributed by atoms with Crippen LogP contribution in [-0.4, -0.2) is 18.2 Å². The van der Waals surface area contributed by atoms with Crippen molar-refractivity contribution in [2.24, 2.45) is 11.0 Å². The van der Waals surface area contributed by atoms with Gasteiger partial charge in [0.15, 0.2) is 0 Å². The summed E-state index contributed by atoms with van der Waals surface area (Å²) in [5.74, 6) is 0.587. The van der Waals surface area contributed by atoms with Gasteiger partial charge in [-0.2, -0.15) is 5.10 Å². The van der Waals surface area contributed by atoms with Gasteiger partial charge in [-0.05, 0) is 57.1 Å². The number of benzene rings is 1. The van der Waals surface area contributed by atoms with Crippen LogP contribution in [0.2, 0.25) is 0 Å². The number of nitrogens with zero attached hydrogens (tertiary/aromatic N) is 1. The molecule has 0 bridgehead atoms. The molecular formula is C17H25N3O. The SMILES string of the molecule is Cc1ccc(NCC(=O)N/N=C2/CCC[C@@H](C)C2)c(C)c1. The van der Waals surface area contributed by atoms with Gasteiger partial charge in [-0.25, -0.2) is 5.43 Å². The molecule has 1 saturated carbocycles. The van der Waals surface area contributed by atoms with Gasteiger partial charge in [0, 0.05) is 11.4 Å². The van der Waals surface area contributed by atoms with Gasteiger partial charge >= 0.3 is 0 Å². The third kappa shape index (κ3) is 4.88. The van der Waals surface area contributed by atoms with Gasteiger partial charge in [0.05, 0.1) is 6.54 Å². The fraction of sp³-hybridized carbons (Fsp3) is 0.529. The number of amides is 1. The van der Waals surface area contributed by atoms with E-state index in [0.717, 1.165) is 29.8 Å². The molecule has 1 amide bonds. The minimum absolute atomic E-state index is 0.0966. The van der Waals surface area contributed by atoms with E-state index in [2.05, 4.69) is 35.8 Å². The highest BCUT2D eigenvalue weighted by Gasteiger charge is 2.14. The van der Waals surface area contributed by atoms with Crippen LogP contribution in [0, 0.1) is 19.8 Å². The average Bonchev–Trinajstić information content (AvgIpc) is 2.44. The van der Waals surface area contributed by atoms with Gasteiger partial charge < -0.3 is 5.32 Å². The number of aryl methyl sites for hydroxylation is 2. The van der Waals surface area contributed by atoms with Crippen molar-refractivity contribution in [3.63, 3.8) is 0 Å². The summed E-state index contributed by atoms with van der Waals surface area (Å²) in [7, 11) is 0. The highest BCUT2D eigenvalue weighted by atomic mass is 16.2. The smallest absolute Gasteiger partial charge is 0.259 e. The molecule has 0 saturated heterocycles. The molecule has 21 heavy (non-hydrogen) atoms. The number of carbonyl (C=O) groups is 1. The molecule has 1 aromatic rings. The molecule has 114 valence electrons. The lowest BCUT2D eigenvalue weighted by molar-refractivity contribution is -0.119. The third-order valence-corrected chi connectivity index (χ3v) is 3.91. The molecule has 4 heteroatoms. The zero-order valence-electron chi connectivity index (χ0n) is 13.2. The van der Waals surface area contributed by atoms with Gasteiger partial charge in [0.1, 0.15) is 0 Å². The third-order valence-electron chi connectivity index (χ3n) is 3.91. The number of carbonyl (C=O) groups excluding carboxylic acids is 1. The van der Waals surface area contributed by atoms with Crippen LogP contribution in [0.15, 0.2) is 23.3 Å². The zero-order chi connectivity index (χ0) is 15.2. The summed E-state index contributed by atoms with van der Waals surface area (Å²) in [5.41, 5.74) is 7.15. The predicted octanol–water partition coefficient (Wildman–Crippen LogP) is 3.40. The lowest BCUT2D eigenvalue weighted by atomic mass is 9.89. The number of nitrogens with one attached hydrogen (secondary N) is 2. The maximum absolute atomic E-state index is 11.8. The van der Waals surface area contributed by atoms with Crippen LogP contribution in [0.4, 0.5) is 5.69 Å². The Morgan fingerprint density at radius 3 is 2.90 bits per heavy atom. The van der Waals surface area contributed by atoms with E-state index in [1.54, 1.807) is 0 Å². The molecule has 0 spiro atoms. The van der Waals surface area contributed by atoms with E-state index >= 15 is 0 Å². The Labute approximate surface area is 127 Å². The first kappa shape index (κ1) is 15.5. The number of hydrazone groups is 1. The highest BCUT2D eigenvalue weighted by Crippen LogP contribution is 2.21. The standard InChI is InChI=1S/C17H25N3O/c1-12-5-4-6-15(10-12)19-20-17(21)11-18-16-8-7-13(2)9-14(16)3/h7-9,12,18H,4-6,10-11H2,1-3H3,(H,20,21)/b19-15-/t12-/m1/s1. The van der Waals surface area contributed by atoms with E-state index in [-0.39, 0.29) is 12.5 Å². The topological polar surface area (TPSA) is 53.5 Å². The normalized spacial score (nSPS) is 20.3. The van der Waals surface area contributed by atoms with Gasteiger partial charge in [0.25, 0.3) is 5.91 Å². The van der Waals surface area contributed by atoms with Crippen molar-refractivity contribution < 1.29 is 4.79 Å². The number of rotatable bonds is 4. The molecular weight excluding hydrogens is 262 g/mol. The lowest BCUT2D eigenvalue weighted by Gasteiger charge is -2.19. The summed E-state index contributed by atoms with van der Waals surface area (Å²) in [5, 5.41) is 7.41. The zero-order valence-corrected chi connectivity index (χ0v) is 13.2. The molecule has 1 atom stereocenters. The Bertz CT molecular complexity index is 537. The van der Waals surface area contributed by atoms with Gasteiger partial charge in [-0.1, -0.05) is 24.6 Å². The summed E-state index contributed by atoms with van der Waals surface area (Å²) in [6.07, 6.45) is 4.46. The molecule has 2 N–H and O–H groups in total. The maximum Gasteiger partial charge on any atom is 0.259 e. The minimum Gasteiger partial charge on any atom is -0.376 e. The second kappa shape index (κ2) is 7.25. The first-order valence-corrected chi connectivity index (χ1v) is 7.70. The molecule has 1 aliphatic carbocycles. The van der Waals surface area contributed by atoms with E-state index in [4.69, 9.17) is 0 Å². The van der Waals surface area contributed by atoms with Crippen LogP contribution in [0.1, 0.15) is 43.7 Å². The Balaban J connectivity index is 1.80. The van der Waals surface area contributed by atoms with Gasteiger partial charge in [-0.15, -0.1) is 0 Å². The van der Waals surface area contributed by atoms with Crippen LogP contribution >= 0.6 is 0 Å². The molecule has 1 aromatic carbocycles. The monoisotopic (exact) mass is 287 g/mol. The van der Waals surface area contributed by atoms with Crippen molar-refractivity contribution in [3.05, 3.63) is 29.3 Å². The van der Waals surface area contributed by atoms with Crippen molar-refractivity contribution in [1.82, 2.24) is 5.43 Å². The molecule has 2 rings (SSSR count). The van der Waals surface area contributed by atoms with Crippen molar-refractivity contribution in [2.45, 2.75) is 46.5 Å². The van der Waals surface area contributed by atoms with Crippen molar-refractivity contribution in [2.75, 3.05) is 11.9 Å². The number of hydrogen-bond donors (Lipinski definition) is 2. The Morgan fingerprint density at radius 1 is 1.38 bits per heavy atom. The second-order valence-electron chi connectivity index (χ2n) is 6.09. The van der Waals surface area contributed by atoms with E-state index < -0.39 is 0 Å². The molecule has 0 unspecified atom stereocenters. The van der Waals surface area contributed by atoms with E-state index in [1.807, 2.05) is 19.1 Å². The Morgan fingerprint density at radius 2 is 2.19 bits per heavy atom. The summed E-state index contributed by atoms with van der Waals surface area (Å²) in [4.78, 5) is 11.8. The number of anilines is 1. The second-order valence-corrected chi connectivity index (χ2v) is 6.09. The fourth-order valence-electron chi connectivity index (χ4n) is 2.73. The minimum atomic E-state index is -0.0966. The van der Waals surface area contributed by atoms with Crippen LogP contribution in [0.3, 0.4) is 0 Å². The fourth-order valence-corrected chi connectivity index (χ4v) is 2.73. The summed E-state index contributed by atoms with van der Waals surface area (Å²) in [6.45, 7) is 6.58. The van der Waals surface area contributed by atoms with Crippen LogP contribution < -0.4 is 10.7 Å². The Hall–Kier alpha value is -1.84. The molecule has 0 radical (unpaired) electrons.